The van der Waals surface area contributed by atoms with E-state index in [0.29, 0.717) is 23.0 Å². The van der Waals surface area contributed by atoms with E-state index in [2.05, 4.69) is 19.2 Å². The molecule has 0 aliphatic carbocycles. The quantitative estimate of drug-likeness (QED) is 0.524. The molecule has 3 rings (SSSR count). The molecule has 0 bridgehead atoms. The van der Waals surface area contributed by atoms with Crippen LogP contribution in [0.25, 0.3) is 0 Å². The molecule has 1 N–H and O–H groups in total. The van der Waals surface area contributed by atoms with Crippen LogP contribution in [0.15, 0.2) is 77.7 Å². The smallest absolute Gasteiger partial charge is 0.264 e. The second-order valence-electron chi connectivity index (χ2n) is 7.85. The van der Waals surface area contributed by atoms with Crippen molar-refractivity contribution in [2.45, 2.75) is 31.6 Å². The van der Waals surface area contributed by atoms with Gasteiger partial charge in [0, 0.05) is 11.8 Å². The zero-order chi connectivity index (χ0) is 23.3. The maximum atomic E-state index is 13.5. The summed E-state index contributed by atoms with van der Waals surface area (Å²) in [6, 6.07) is 20.7. The second-order valence-corrected chi connectivity index (χ2v) is 9.71. The highest BCUT2D eigenvalue weighted by Crippen LogP contribution is 2.27. The molecule has 0 atom stereocenters. The molecule has 0 saturated carbocycles. The molecule has 0 fully saturated rings. The molecule has 0 saturated heterocycles. The molecule has 3 aromatic carbocycles. The predicted molar refractivity (Wildman–Crippen MR) is 128 cm³/mol. The number of benzene rings is 3. The Balaban J connectivity index is 1.91. The molecule has 0 heterocycles. The van der Waals surface area contributed by atoms with Crippen molar-refractivity contribution in [3.05, 3.63) is 83.9 Å². The SMILES string of the molecule is COc1cccc(N(CC(=O)Nc2ccc(C(C)C)cc2)S(=O)(=O)c2ccc(C)cc2)c1. The minimum atomic E-state index is -3.98. The number of methoxy groups -OCH3 is 1. The molecule has 0 spiro atoms. The van der Waals surface area contributed by atoms with Crippen LogP contribution in [-0.4, -0.2) is 28.0 Å². The van der Waals surface area contributed by atoms with E-state index in [1.54, 1.807) is 48.5 Å². The first-order valence-corrected chi connectivity index (χ1v) is 11.8. The maximum absolute atomic E-state index is 13.5. The number of ether oxygens (including phenoxy) is 1. The number of hydrogen-bond acceptors (Lipinski definition) is 4. The van der Waals surface area contributed by atoms with E-state index in [1.165, 1.54) is 7.11 Å². The number of amides is 1. The highest BCUT2D eigenvalue weighted by atomic mass is 32.2. The summed E-state index contributed by atoms with van der Waals surface area (Å²) in [6.07, 6.45) is 0. The average Bonchev–Trinajstić information content (AvgIpc) is 2.78. The predicted octanol–water partition coefficient (Wildman–Crippen LogP) is 4.96. The second kappa shape index (κ2) is 9.87. The molecule has 0 aliphatic rings. The molecule has 32 heavy (non-hydrogen) atoms. The monoisotopic (exact) mass is 452 g/mol. The van der Waals surface area contributed by atoms with E-state index in [1.807, 2.05) is 31.2 Å². The molecular weight excluding hydrogens is 424 g/mol. The minimum absolute atomic E-state index is 0.111. The van der Waals surface area contributed by atoms with Gasteiger partial charge in [-0.15, -0.1) is 0 Å². The van der Waals surface area contributed by atoms with Gasteiger partial charge in [-0.05, 0) is 54.8 Å². The number of carbonyl (C=O) groups is 1. The van der Waals surface area contributed by atoms with Crippen LogP contribution < -0.4 is 14.4 Å². The van der Waals surface area contributed by atoms with Gasteiger partial charge in [0.1, 0.15) is 12.3 Å². The number of carbonyl (C=O) groups excluding carboxylic acids is 1. The highest BCUT2D eigenvalue weighted by Gasteiger charge is 2.27. The van der Waals surface area contributed by atoms with Crippen LogP contribution in [0.2, 0.25) is 0 Å². The van der Waals surface area contributed by atoms with Crippen molar-refractivity contribution in [1.29, 1.82) is 0 Å². The fourth-order valence-electron chi connectivity index (χ4n) is 3.20. The summed E-state index contributed by atoms with van der Waals surface area (Å²) < 4.78 is 33.3. The van der Waals surface area contributed by atoms with E-state index in [0.717, 1.165) is 15.4 Å². The summed E-state index contributed by atoms with van der Waals surface area (Å²) in [5, 5.41) is 2.79. The summed E-state index contributed by atoms with van der Waals surface area (Å²) in [7, 11) is -2.48. The summed E-state index contributed by atoms with van der Waals surface area (Å²) in [6.45, 7) is 5.69. The Hall–Kier alpha value is -3.32. The minimum Gasteiger partial charge on any atom is -0.497 e. The van der Waals surface area contributed by atoms with Gasteiger partial charge < -0.3 is 10.1 Å². The van der Waals surface area contributed by atoms with Crippen molar-refractivity contribution >= 4 is 27.3 Å². The Morgan fingerprint density at radius 2 is 1.66 bits per heavy atom. The number of nitrogens with zero attached hydrogens (tertiary/aromatic N) is 1. The lowest BCUT2D eigenvalue weighted by Crippen LogP contribution is -2.38. The van der Waals surface area contributed by atoms with Crippen molar-refractivity contribution in [3.63, 3.8) is 0 Å². The van der Waals surface area contributed by atoms with Crippen molar-refractivity contribution in [2.75, 3.05) is 23.3 Å². The van der Waals surface area contributed by atoms with Gasteiger partial charge in [0.2, 0.25) is 5.91 Å². The summed E-state index contributed by atoms with van der Waals surface area (Å²) in [5.41, 5.74) is 3.05. The lowest BCUT2D eigenvalue weighted by molar-refractivity contribution is -0.114. The molecule has 0 aliphatic heterocycles. The first-order chi connectivity index (χ1) is 15.2. The van der Waals surface area contributed by atoms with Gasteiger partial charge in [0.15, 0.2) is 0 Å². The Labute approximate surface area is 189 Å². The van der Waals surface area contributed by atoms with Gasteiger partial charge in [-0.25, -0.2) is 8.42 Å². The Morgan fingerprint density at radius 1 is 1.00 bits per heavy atom. The van der Waals surface area contributed by atoms with Crippen LogP contribution >= 0.6 is 0 Å². The van der Waals surface area contributed by atoms with Gasteiger partial charge in [-0.1, -0.05) is 49.7 Å². The molecule has 3 aromatic rings. The topological polar surface area (TPSA) is 75.7 Å². The van der Waals surface area contributed by atoms with Crippen LogP contribution in [-0.2, 0) is 14.8 Å². The van der Waals surface area contributed by atoms with Crippen molar-refractivity contribution < 1.29 is 17.9 Å². The molecule has 1 amide bonds. The number of nitrogens with one attached hydrogen (secondary N) is 1. The molecule has 168 valence electrons. The first-order valence-electron chi connectivity index (χ1n) is 10.3. The average molecular weight is 453 g/mol. The van der Waals surface area contributed by atoms with Crippen molar-refractivity contribution in [1.82, 2.24) is 0 Å². The number of hydrogen-bond donors (Lipinski definition) is 1. The van der Waals surface area contributed by atoms with Gasteiger partial charge in [-0.3, -0.25) is 9.10 Å². The highest BCUT2D eigenvalue weighted by molar-refractivity contribution is 7.92. The van der Waals surface area contributed by atoms with E-state index < -0.39 is 15.9 Å². The third kappa shape index (κ3) is 5.48. The van der Waals surface area contributed by atoms with Crippen LogP contribution in [0.5, 0.6) is 5.75 Å². The van der Waals surface area contributed by atoms with E-state index in [4.69, 9.17) is 4.74 Å². The molecule has 0 unspecified atom stereocenters. The fraction of sp³-hybridized carbons (Fsp3) is 0.240. The van der Waals surface area contributed by atoms with Crippen molar-refractivity contribution in [3.8, 4) is 5.75 Å². The number of sulfonamides is 1. The van der Waals surface area contributed by atoms with E-state index in [9.17, 15) is 13.2 Å². The molecular formula is C25H28N2O4S. The van der Waals surface area contributed by atoms with Crippen molar-refractivity contribution in [2.24, 2.45) is 0 Å². The summed E-state index contributed by atoms with van der Waals surface area (Å²) in [4.78, 5) is 13.0. The zero-order valence-electron chi connectivity index (χ0n) is 18.7. The summed E-state index contributed by atoms with van der Waals surface area (Å²) in [5.74, 6) is 0.431. The lowest BCUT2D eigenvalue weighted by Gasteiger charge is -2.24. The zero-order valence-corrected chi connectivity index (χ0v) is 19.5. The largest absolute Gasteiger partial charge is 0.497 e. The van der Waals surface area contributed by atoms with Crippen LogP contribution in [0.1, 0.15) is 30.9 Å². The van der Waals surface area contributed by atoms with Gasteiger partial charge in [0.05, 0.1) is 17.7 Å². The number of aryl methyl sites for hydroxylation is 1. The van der Waals surface area contributed by atoms with Gasteiger partial charge in [0.25, 0.3) is 10.0 Å². The van der Waals surface area contributed by atoms with E-state index in [-0.39, 0.29) is 11.4 Å². The Morgan fingerprint density at radius 3 is 2.25 bits per heavy atom. The third-order valence-electron chi connectivity index (χ3n) is 5.10. The van der Waals surface area contributed by atoms with Crippen LogP contribution in [0.4, 0.5) is 11.4 Å². The molecule has 6 nitrogen and oxygen atoms in total. The molecule has 0 radical (unpaired) electrons. The molecule has 7 heteroatoms. The van der Waals surface area contributed by atoms with Gasteiger partial charge in [-0.2, -0.15) is 0 Å². The Bertz CT molecular complexity index is 1170. The summed E-state index contributed by atoms with van der Waals surface area (Å²) >= 11 is 0. The standard InChI is InChI=1S/C25H28N2O4S/c1-18(2)20-10-12-21(13-11-20)26-25(28)17-27(22-6-5-7-23(16-22)31-4)32(29,30)24-14-8-19(3)9-15-24/h5-16,18H,17H2,1-4H3,(H,26,28). The Kier molecular flexibility index (Phi) is 7.20. The number of rotatable bonds is 8. The maximum Gasteiger partial charge on any atom is 0.264 e. The third-order valence-corrected chi connectivity index (χ3v) is 6.89. The van der Waals surface area contributed by atoms with E-state index >= 15 is 0 Å². The lowest BCUT2D eigenvalue weighted by atomic mass is 10.0. The molecule has 0 aromatic heterocycles. The normalized spacial score (nSPS) is 11.3. The number of anilines is 2. The first kappa shape index (κ1) is 23.3. The van der Waals surface area contributed by atoms with Crippen LogP contribution in [0.3, 0.4) is 0 Å². The van der Waals surface area contributed by atoms with Crippen LogP contribution in [0, 0.1) is 6.92 Å². The van der Waals surface area contributed by atoms with Gasteiger partial charge >= 0.3 is 0 Å². The fourth-order valence-corrected chi connectivity index (χ4v) is 4.61.